The molecule has 0 fully saturated rings. The second-order valence-corrected chi connectivity index (χ2v) is 5.71. The van der Waals surface area contributed by atoms with Crippen molar-refractivity contribution in [1.29, 1.82) is 0 Å². The van der Waals surface area contributed by atoms with Gasteiger partial charge in [0.25, 0.3) is 0 Å². The van der Waals surface area contributed by atoms with Gasteiger partial charge in [-0.2, -0.15) is 0 Å². The highest BCUT2D eigenvalue weighted by molar-refractivity contribution is 9.10. The molecule has 0 radical (unpaired) electrons. The van der Waals surface area contributed by atoms with E-state index >= 15 is 0 Å². The maximum atomic E-state index is 5.89. The predicted octanol–water partition coefficient (Wildman–Crippen LogP) is 4.19. The van der Waals surface area contributed by atoms with Gasteiger partial charge < -0.3 is 5.73 Å². The fourth-order valence-electron chi connectivity index (χ4n) is 1.44. The van der Waals surface area contributed by atoms with Gasteiger partial charge in [0.2, 0.25) is 0 Å². The molecule has 0 saturated heterocycles. The molecule has 4 heteroatoms. The maximum absolute atomic E-state index is 5.89. The van der Waals surface area contributed by atoms with Crippen molar-refractivity contribution < 1.29 is 0 Å². The Hall–Kier alpha value is -1.00. The zero-order valence-corrected chi connectivity index (χ0v) is 12.1. The third kappa shape index (κ3) is 2.64. The second-order valence-electron chi connectivity index (χ2n) is 3.84. The molecule has 2 N–H and O–H groups in total. The van der Waals surface area contributed by atoms with Crippen LogP contribution in [0.2, 0.25) is 0 Å². The van der Waals surface area contributed by atoms with Gasteiger partial charge in [0.05, 0.1) is 11.9 Å². The van der Waals surface area contributed by atoms with Crippen molar-refractivity contribution in [2.45, 2.75) is 23.6 Å². The Balaban J connectivity index is 2.38. The smallest absolute Gasteiger partial charge is 0.0642 e. The van der Waals surface area contributed by atoms with Gasteiger partial charge in [0, 0.05) is 20.5 Å². The number of hydrogen-bond acceptors (Lipinski definition) is 3. The SMILES string of the molecule is Cc1ccc(Sc2ccncc2N)c(Br)c1C. The minimum absolute atomic E-state index is 0.711. The van der Waals surface area contributed by atoms with Gasteiger partial charge >= 0.3 is 0 Å². The molecule has 0 unspecified atom stereocenters. The summed E-state index contributed by atoms with van der Waals surface area (Å²) in [6.07, 6.45) is 3.44. The van der Waals surface area contributed by atoms with Crippen molar-refractivity contribution in [3.8, 4) is 0 Å². The Labute approximate surface area is 114 Å². The average molecular weight is 309 g/mol. The van der Waals surface area contributed by atoms with E-state index in [0.29, 0.717) is 5.69 Å². The molecule has 0 bridgehead atoms. The minimum Gasteiger partial charge on any atom is -0.397 e. The van der Waals surface area contributed by atoms with Crippen LogP contribution >= 0.6 is 27.7 Å². The first-order valence-corrected chi connectivity index (χ1v) is 6.83. The molecule has 0 saturated carbocycles. The lowest BCUT2D eigenvalue weighted by Gasteiger charge is -2.10. The van der Waals surface area contributed by atoms with Crippen molar-refractivity contribution in [3.05, 3.63) is 46.2 Å². The highest BCUT2D eigenvalue weighted by atomic mass is 79.9. The van der Waals surface area contributed by atoms with Crippen LogP contribution in [0.3, 0.4) is 0 Å². The number of nitrogens with two attached hydrogens (primary N) is 1. The fourth-order valence-corrected chi connectivity index (χ4v) is 3.04. The number of nitrogens with zero attached hydrogens (tertiary/aromatic N) is 1. The van der Waals surface area contributed by atoms with Crippen LogP contribution in [0.4, 0.5) is 5.69 Å². The van der Waals surface area contributed by atoms with Crippen molar-refractivity contribution >= 4 is 33.4 Å². The quantitative estimate of drug-likeness (QED) is 0.904. The Kier molecular flexibility index (Phi) is 3.74. The topological polar surface area (TPSA) is 38.9 Å². The van der Waals surface area contributed by atoms with Gasteiger partial charge in [-0.1, -0.05) is 17.8 Å². The first-order chi connectivity index (χ1) is 8.09. The Morgan fingerprint density at radius 2 is 1.94 bits per heavy atom. The average Bonchev–Trinajstić information content (AvgIpc) is 2.32. The molecule has 17 heavy (non-hydrogen) atoms. The summed E-state index contributed by atoms with van der Waals surface area (Å²) in [5.74, 6) is 0. The molecule has 0 amide bonds. The molecule has 0 aliphatic heterocycles. The summed E-state index contributed by atoms with van der Waals surface area (Å²) in [7, 11) is 0. The van der Waals surface area contributed by atoms with Gasteiger partial charge in [-0.15, -0.1) is 0 Å². The first-order valence-electron chi connectivity index (χ1n) is 5.22. The number of aryl methyl sites for hydroxylation is 1. The van der Waals surface area contributed by atoms with E-state index in [1.165, 1.54) is 16.0 Å². The minimum atomic E-state index is 0.711. The van der Waals surface area contributed by atoms with Crippen LogP contribution in [0, 0.1) is 13.8 Å². The lowest BCUT2D eigenvalue weighted by molar-refractivity contribution is 1.23. The molecule has 1 heterocycles. The summed E-state index contributed by atoms with van der Waals surface area (Å²) in [5, 5.41) is 0. The molecular formula is C13H13BrN2S. The van der Waals surface area contributed by atoms with Crippen LogP contribution in [0.25, 0.3) is 0 Å². The molecule has 0 atom stereocenters. The predicted molar refractivity (Wildman–Crippen MR) is 76.4 cm³/mol. The molecule has 2 aromatic rings. The van der Waals surface area contributed by atoms with E-state index in [4.69, 9.17) is 5.73 Å². The summed E-state index contributed by atoms with van der Waals surface area (Å²) in [5.41, 5.74) is 9.15. The lowest BCUT2D eigenvalue weighted by atomic mass is 10.1. The Bertz CT molecular complexity index is 555. The van der Waals surface area contributed by atoms with Crippen LogP contribution in [0.5, 0.6) is 0 Å². The van der Waals surface area contributed by atoms with Crippen molar-refractivity contribution in [1.82, 2.24) is 4.98 Å². The molecule has 2 rings (SSSR count). The largest absolute Gasteiger partial charge is 0.397 e. The Morgan fingerprint density at radius 1 is 1.18 bits per heavy atom. The zero-order chi connectivity index (χ0) is 12.4. The van der Waals surface area contributed by atoms with Crippen molar-refractivity contribution in [3.63, 3.8) is 0 Å². The first kappa shape index (κ1) is 12.5. The number of aromatic nitrogens is 1. The molecule has 1 aromatic heterocycles. The maximum Gasteiger partial charge on any atom is 0.0642 e. The molecule has 0 aliphatic carbocycles. The molecule has 88 valence electrons. The molecule has 0 aliphatic rings. The second kappa shape index (κ2) is 5.10. The molecule has 1 aromatic carbocycles. The summed E-state index contributed by atoms with van der Waals surface area (Å²) < 4.78 is 1.14. The van der Waals surface area contributed by atoms with Gasteiger partial charge in [-0.25, -0.2) is 0 Å². The number of nitrogen functional groups attached to an aromatic ring is 1. The van der Waals surface area contributed by atoms with Gasteiger partial charge in [-0.05, 0) is 53.0 Å². The van der Waals surface area contributed by atoms with E-state index in [-0.39, 0.29) is 0 Å². The highest BCUT2D eigenvalue weighted by Gasteiger charge is 2.08. The van der Waals surface area contributed by atoms with Crippen molar-refractivity contribution in [2.75, 3.05) is 5.73 Å². The summed E-state index contributed by atoms with van der Waals surface area (Å²) in [6, 6.07) is 6.17. The Morgan fingerprint density at radius 3 is 2.65 bits per heavy atom. The molecule has 0 spiro atoms. The third-order valence-electron chi connectivity index (χ3n) is 2.65. The van der Waals surface area contributed by atoms with Crippen LogP contribution in [0.15, 0.2) is 44.9 Å². The monoisotopic (exact) mass is 308 g/mol. The van der Waals surface area contributed by atoms with Crippen LogP contribution in [0.1, 0.15) is 11.1 Å². The zero-order valence-electron chi connectivity index (χ0n) is 9.70. The number of hydrogen-bond donors (Lipinski definition) is 1. The number of rotatable bonds is 2. The molecular weight excluding hydrogens is 296 g/mol. The van der Waals surface area contributed by atoms with E-state index in [2.05, 4.69) is 46.9 Å². The van der Waals surface area contributed by atoms with Crippen LogP contribution < -0.4 is 5.73 Å². The summed E-state index contributed by atoms with van der Waals surface area (Å²) >= 11 is 5.29. The van der Waals surface area contributed by atoms with E-state index in [1.54, 1.807) is 24.2 Å². The normalized spacial score (nSPS) is 10.5. The molecule has 2 nitrogen and oxygen atoms in total. The fraction of sp³-hybridized carbons (Fsp3) is 0.154. The number of pyridine rings is 1. The standard InChI is InChI=1S/C13H13BrN2S/c1-8-3-4-12(13(14)9(8)2)17-11-5-6-16-7-10(11)15/h3-7H,15H2,1-2H3. The van der Waals surface area contributed by atoms with E-state index < -0.39 is 0 Å². The van der Waals surface area contributed by atoms with E-state index in [1.807, 2.05) is 6.07 Å². The van der Waals surface area contributed by atoms with Crippen molar-refractivity contribution in [2.24, 2.45) is 0 Å². The third-order valence-corrected chi connectivity index (χ3v) is 5.09. The number of halogens is 1. The number of anilines is 1. The van der Waals surface area contributed by atoms with E-state index in [0.717, 1.165) is 9.37 Å². The number of benzene rings is 1. The summed E-state index contributed by atoms with van der Waals surface area (Å²) in [6.45, 7) is 4.22. The van der Waals surface area contributed by atoms with E-state index in [9.17, 15) is 0 Å². The summed E-state index contributed by atoms with van der Waals surface area (Å²) in [4.78, 5) is 6.19. The van der Waals surface area contributed by atoms with Gasteiger partial charge in [0.15, 0.2) is 0 Å². The van der Waals surface area contributed by atoms with Gasteiger partial charge in [-0.3, -0.25) is 4.98 Å². The van der Waals surface area contributed by atoms with Crippen LogP contribution in [-0.4, -0.2) is 4.98 Å². The van der Waals surface area contributed by atoms with Gasteiger partial charge in [0.1, 0.15) is 0 Å². The lowest BCUT2D eigenvalue weighted by Crippen LogP contribution is -1.90. The highest BCUT2D eigenvalue weighted by Crippen LogP contribution is 2.38. The van der Waals surface area contributed by atoms with Crippen LogP contribution in [-0.2, 0) is 0 Å².